The molecule has 0 amide bonds. The van der Waals surface area contributed by atoms with Crippen molar-refractivity contribution in [2.75, 3.05) is 0 Å². The van der Waals surface area contributed by atoms with Crippen molar-refractivity contribution in [3.8, 4) is 0 Å². The Bertz CT molecular complexity index is 450. The van der Waals surface area contributed by atoms with Crippen LogP contribution in [0.4, 0.5) is 0 Å². The minimum absolute atomic E-state index is 0.668. The fourth-order valence-corrected chi connectivity index (χ4v) is 2.98. The number of benzene rings is 1. The van der Waals surface area contributed by atoms with Gasteiger partial charge in [0.25, 0.3) is 0 Å². The number of nitrogens with zero attached hydrogens (tertiary/aromatic N) is 2. The molecule has 76 valence electrons. The number of hydrogen-bond donors (Lipinski definition) is 0. The van der Waals surface area contributed by atoms with Crippen molar-refractivity contribution in [3.63, 3.8) is 0 Å². The van der Waals surface area contributed by atoms with Gasteiger partial charge >= 0.3 is 0 Å². The Morgan fingerprint density at radius 3 is 2.93 bits per heavy atom. The number of aryl methyl sites for hydroxylation is 1. The highest BCUT2D eigenvalue weighted by Crippen LogP contribution is 2.32. The maximum Gasteiger partial charge on any atom is 0.0787 e. The fraction of sp³-hybridized carbons (Fsp3) is 0.333. The molecule has 0 saturated carbocycles. The zero-order valence-electron chi connectivity index (χ0n) is 8.39. The van der Waals surface area contributed by atoms with E-state index < -0.39 is 0 Å². The van der Waals surface area contributed by atoms with Gasteiger partial charge in [-0.05, 0) is 42.3 Å². The summed E-state index contributed by atoms with van der Waals surface area (Å²) >= 11 is 1.56. The Morgan fingerprint density at radius 2 is 2.07 bits per heavy atom. The SMILES string of the molecule is c1ccc([C@H]2CCc3nnsc3C2)cc1. The number of fused-ring (bicyclic) bond motifs is 1. The van der Waals surface area contributed by atoms with E-state index in [1.807, 2.05) is 0 Å². The van der Waals surface area contributed by atoms with Gasteiger partial charge in [-0.15, -0.1) is 5.10 Å². The molecule has 0 unspecified atom stereocenters. The second-order valence-electron chi connectivity index (χ2n) is 3.99. The van der Waals surface area contributed by atoms with Crippen LogP contribution in [0.3, 0.4) is 0 Å². The summed E-state index contributed by atoms with van der Waals surface area (Å²) < 4.78 is 4.02. The Kier molecular flexibility index (Phi) is 2.25. The average molecular weight is 216 g/mol. The molecule has 3 heteroatoms. The van der Waals surface area contributed by atoms with Crippen LogP contribution in [0.5, 0.6) is 0 Å². The summed E-state index contributed by atoms with van der Waals surface area (Å²) in [6.07, 6.45) is 3.42. The molecule has 0 radical (unpaired) electrons. The van der Waals surface area contributed by atoms with Crippen LogP contribution in [0.25, 0.3) is 0 Å². The topological polar surface area (TPSA) is 25.8 Å². The maximum absolute atomic E-state index is 4.15. The molecule has 1 aromatic carbocycles. The molecule has 0 aliphatic heterocycles. The molecule has 0 bridgehead atoms. The van der Waals surface area contributed by atoms with Crippen LogP contribution in [-0.2, 0) is 12.8 Å². The number of rotatable bonds is 1. The van der Waals surface area contributed by atoms with Crippen molar-refractivity contribution in [2.24, 2.45) is 0 Å². The van der Waals surface area contributed by atoms with Crippen LogP contribution in [-0.4, -0.2) is 9.59 Å². The zero-order chi connectivity index (χ0) is 10.1. The lowest BCUT2D eigenvalue weighted by atomic mass is 9.86. The summed E-state index contributed by atoms with van der Waals surface area (Å²) in [6, 6.07) is 10.8. The molecule has 1 heterocycles. The molecule has 0 N–H and O–H groups in total. The van der Waals surface area contributed by atoms with Gasteiger partial charge in [0, 0.05) is 4.88 Å². The van der Waals surface area contributed by atoms with Crippen molar-refractivity contribution in [2.45, 2.75) is 25.2 Å². The second kappa shape index (κ2) is 3.74. The van der Waals surface area contributed by atoms with E-state index in [2.05, 4.69) is 39.9 Å². The van der Waals surface area contributed by atoms with Gasteiger partial charge in [0.15, 0.2) is 0 Å². The van der Waals surface area contributed by atoms with Crippen LogP contribution in [0.15, 0.2) is 30.3 Å². The summed E-state index contributed by atoms with van der Waals surface area (Å²) in [7, 11) is 0. The van der Waals surface area contributed by atoms with Crippen LogP contribution < -0.4 is 0 Å². The third-order valence-corrected chi connectivity index (χ3v) is 3.85. The number of aromatic nitrogens is 2. The van der Waals surface area contributed by atoms with Gasteiger partial charge in [0.05, 0.1) is 5.69 Å². The van der Waals surface area contributed by atoms with Gasteiger partial charge in [0.2, 0.25) is 0 Å². The van der Waals surface area contributed by atoms with Gasteiger partial charge in [-0.1, -0.05) is 34.8 Å². The van der Waals surface area contributed by atoms with Crippen LogP contribution in [0.1, 0.15) is 28.5 Å². The predicted molar refractivity (Wildman–Crippen MR) is 61.1 cm³/mol. The molecule has 0 spiro atoms. The molecule has 2 nitrogen and oxygen atoms in total. The van der Waals surface area contributed by atoms with Gasteiger partial charge in [0.1, 0.15) is 0 Å². The maximum atomic E-state index is 4.15. The highest BCUT2D eigenvalue weighted by atomic mass is 32.1. The molecule has 2 aromatic rings. The van der Waals surface area contributed by atoms with E-state index in [0.29, 0.717) is 5.92 Å². The highest BCUT2D eigenvalue weighted by molar-refractivity contribution is 7.05. The lowest BCUT2D eigenvalue weighted by molar-refractivity contribution is 0.582. The van der Waals surface area contributed by atoms with Crippen molar-refractivity contribution in [3.05, 3.63) is 46.5 Å². The molecule has 1 aliphatic carbocycles. The Morgan fingerprint density at radius 1 is 1.20 bits per heavy atom. The first kappa shape index (κ1) is 9.04. The second-order valence-corrected chi connectivity index (χ2v) is 4.83. The van der Waals surface area contributed by atoms with Crippen molar-refractivity contribution >= 4 is 11.5 Å². The first-order chi connectivity index (χ1) is 7.43. The molecule has 1 atom stereocenters. The van der Waals surface area contributed by atoms with E-state index in [1.165, 1.54) is 22.6 Å². The molecule has 0 fully saturated rings. The van der Waals surface area contributed by atoms with Crippen LogP contribution in [0, 0.1) is 0 Å². The smallest absolute Gasteiger partial charge is 0.0787 e. The summed E-state index contributed by atoms with van der Waals surface area (Å²) in [6.45, 7) is 0. The number of hydrogen-bond acceptors (Lipinski definition) is 3. The van der Waals surface area contributed by atoms with E-state index in [1.54, 1.807) is 11.5 Å². The van der Waals surface area contributed by atoms with Crippen LogP contribution in [0.2, 0.25) is 0 Å². The summed E-state index contributed by atoms with van der Waals surface area (Å²) in [5.41, 5.74) is 2.68. The lowest BCUT2D eigenvalue weighted by Crippen LogP contribution is -2.11. The van der Waals surface area contributed by atoms with Crippen molar-refractivity contribution in [1.82, 2.24) is 9.59 Å². The third kappa shape index (κ3) is 1.67. The van der Waals surface area contributed by atoms with E-state index in [9.17, 15) is 0 Å². The monoisotopic (exact) mass is 216 g/mol. The molecular weight excluding hydrogens is 204 g/mol. The van der Waals surface area contributed by atoms with Crippen LogP contribution >= 0.6 is 11.5 Å². The third-order valence-electron chi connectivity index (χ3n) is 3.07. The van der Waals surface area contributed by atoms with Gasteiger partial charge in [-0.3, -0.25) is 0 Å². The minimum atomic E-state index is 0.668. The zero-order valence-corrected chi connectivity index (χ0v) is 9.20. The Balaban J connectivity index is 1.88. The first-order valence-electron chi connectivity index (χ1n) is 5.28. The largest absolute Gasteiger partial charge is 0.143 e. The molecule has 15 heavy (non-hydrogen) atoms. The van der Waals surface area contributed by atoms with Gasteiger partial charge in [-0.2, -0.15) is 0 Å². The average Bonchev–Trinajstić information content (AvgIpc) is 2.77. The Labute approximate surface area is 93.1 Å². The lowest BCUT2D eigenvalue weighted by Gasteiger charge is -2.20. The summed E-state index contributed by atoms with van der Waals surface area (Å²) in [4.78, 5) is 1.38. The van der Waals surface area contributed by atoms with E-state index in [-0.39, 0.29) is 0 Å². The standard InChI is InChI=1S/C12H12N2S/c1-2-4-9(5-3-1)10-6-7-11-12(8-10)15-14-13-11/h1-5,10H,6-8H2/t10-/m0/s1. The first-order valence-corrected chi connectivity index (χ1v) is 6.06. The molecule has 1 aromatic heterocycles. The highest BCUT2D eigenvalue weighted by Gasteiger charge is 2.22. The molecule has 0 saturated heterocycles. The summed E-state index contributed by atoms with van der Waals surface area (Å²) in [5.74, 6) is 0.668. The van der Waals surface area contributed by atoms with Gasteiger partial charge in [-0.25, -0.2) is 0 Å². The normalized spacial score (nSPS) is 19.9. The van der Waals surface area contributed by atoms with E-state index in [4.69, 9.17) is 0 Å². The summed E-state index contributed by atoms with van der Waals surface area (Å²) in [5, 5.41) is 4.15. The van der Waals surface area contributed by atoms with Crippen molar-refractivity contribution < 1.29 is 0 Å². The molecular formula is C12H12N2S. The predicted octanol–water partition coefficient (Wildman–Crippen LogP) is 2.81. The van der Waals surface area contributed by atoms with E-state index >= 15 is 0 Å². The van der Waals surface area contributed by atoms with Gasteiger partial charge < -0.3 is 0 Å². The molecule has 1 aliphatic rings. The Hall–Kier alpha value is -1.22. The minimum Gasteiger partial charge on any atom is -0.143 e. The van der Waals surface area contributed by atoms with Crippen molar-refractivity contribution in [1.29, 1.82) is 0 Å². The molecule has 3 rings (SSSR count). The quantitative estimate of drug-likeness (QED) is 0.732. The fourth-order valence-electron chi connectivity index (χ4n) is 2.22. The van der Waals surface area contributed by atoms with E-state index in [0.717, 1.165) is 12.8 Å².